The van der Waals surface area contributed by atoms with Crippen LogP contribution in [0.3, 0.4) is 0 Å². The summed E-state index contributed by atoms with van der Waals surface area (Å²) in [5.41, 5.74) is 1.09. The zero-order valence-electron chi connectivity index (χ0n) is 9.67. The second-order valence-corrected chi connectivity index (χ2v) is 5.59. The van der Waals surface area contributed by atoms with Gasteiger partial charge in [-0.3, -0.25) is 0 Å². The normalized spacial score (nSPS) is 17.8. The van der Waals surface area contributed by atoms with Gasteiger partial charge in [0.1, 0.15) is 0 Å². The van der Waals surface area contributed by atoms with Gasteiger partial charge in [0.05, 0.1) is 10.2 Å². The van der Waals surface area contributed by atoms with Crippen LogP contribution in [-0.2, 0) is 0 Å². The molecule has 0 saturated carbocycles. The SMILES string of the molecule is OCC1CCN(c2nc3ccccc3s2)CC1. The van der Waals surface area contributed by atoms with Gasteiger partial charge in [-0.2, -0.15) is 0 Å². The van der Waals surface area contributed by atoms with E-state index in [9.17, 15) is 0 Å². The molecule has 3 nitrogen and oxygen atoms in total. The minimum absolute atomic E-state index is 0.327. The smallest absolute Gasteiger partial charge is 0.186 e. The average molecular weight is 248 g/mol. The molecule has 2 heterocycles. The molecule has 0 bridgehead atoms. The maximum atomic E-state index is 9.13. The van der Waals surface area contributed by atoms with Crippen molar-refractivity contribution in [2.45, 2.75) is 12.8 Å². The molecule has 0 atom stereocenters. The van der Waals surface area contributed by atoms with Crippen LogP contribution in [0.4, 0.5) is 5.13 Å². The molecule has 0 spiro atoms. The summed E-state index contributed by atoms with van der Waals surface area (Å²) in [6.45, 7) is 2.36. The van der Waals surface area contributed by atoms with Crippen molar-refractivity contribution in [3.8, 4) is 0 Å². The minimum atomic E-state index is 0.327. The first kappa shape index (κ1) is 11.0. The quantitative estimate of drug-likeness (QED) is 0.887. The Kier molecular flexibility index (Phi) is 2.99. The van der Waals surface area contributed by atoms with Crippen molar-refractivity contribution in [1.82, 2.24) is 4.98 Å². The van der Waals surface area contributed by atoms with Crippen molar-refractivity contribution in [3.05, 3.63) is 24.3 Å². The van der Waals surface area contributed by atoms with Crippen molar-refractivity contribution < 1.29 is 5.11 Å². The summed E-state index contributed by atoms with van der Waals surface area (Å²) in [7, 11) is 0. The molecular formula is C13H16N2OS. The first-order valence-corrected chi connectivity index (χ1v) is 6.90. The van der Waals surface area contributed by atoms with Crippen LogP contribution in [0.5, 0.6) is 0 Å². The second kappa shape index (κ2) is 4.63. The monoisotopic (exact) mass is 248 g/mol. The molecule has 1 aliphatic rings. The Balaban J connectivity index is 1.80. The number of fused-ring (bicyclic) bond motifs is 1. The van der Waals surface area contributed by atoms with E-state index in [2.05, 4.69) is 28.1 Å². The highest BCUT2D eigenvalue weighted by Gasteiger charge is 2.20. The highest BCUT2D eigenvalue weighted by Crippen LogP contribution is 2.31. The van der Waals surface area contributed by atoms with E-state index in [0.717, 1.165) is 36.6 Å². The number of aliphatic hydroxyl groups is 1. The zero-order valence-corrected chi connectivity index (χ0v) is 10.5. The maximum Gasteiger partial charge on any atom is 0.186 e. The molecule has 1 saturated heterocycles. The number of aromatic nitrogens is 1. The number of piperidine rings is 1. The summed E-state index contributed by atoms with van der Waals surface area (Å²) in [5, 5.41) is 10.3. The molecule has 0 radical (unpaired) electrons. The van der Waals surface area contributed by atoms with Crippen LogP contribution in [-0.4, -0.2) is 29.8 Å². The van der Waals surface area contributed by atoms with Crippen LogP contribution in [0.15, 0.2) is 24.3 Å². The third kappa shape index (κ3) is 2.15. The summed E-state index contributed by atoms with van der Waals surface area (Å²) >= 11 is 1.76. The van der Waals surface area contributed by atoms with Crippen LogP contribution in [0.1, 0.15) is 12.8 Å². The van der Waals surface area contributed by atoms with Gasteiger partial charge >= 0.3 is 0 Å². The highest BCUT2D eigenvalue weighted by molar-refractivity contribution is 7.22. The third-order valence-electron chi connectivity index (χ3n) is 3.43. The van der Waals surface area contributed by atoms with Crippen LogP contribution in [0.2, 0.25) is 0 Å². The zero-order chi connectivity index (χ0) is 11.7. The number of benzene rings is 1. The summed E-state index contributed by atoms with van der Waals surface area (Å²) in [5.74, 6) is 0.487. The number of para-hydroxylation sites is 1. The Morgan fingerprint density at radius 2 is 2.06 bits per heavy atom. The van der Waals surface area contributed by atoms with Gasteiger partial charge in [0.2, 0.25) is 0 Å². The lowest BCUT2D eigenvalue weighted by atomic mass is 9.98. The lowest BCUT2D eigenvalue weighted by Gasteiger charge is -2.30. The van der Waals surface area contributed by atoms with E-state index in [0.29, 0.717) is 12.5 Å². The maximum absolute atomic E-state index is 9.13. The van der Waals surface area contributed by atoms with Crippen molar-refractivity contribution in [2.75, 3.05) is 24.6 Å². The third-order valence-corrected chi connectivity index (χ3v) is 4.52. The Morgan fingerprint density at radius 3 is 2.76 bits per heavy atom. The van der Waals surface area contributed by atoms with Gasteiger partial charge in [-0.25, -0.2) is 4.98 Å². The Hall–Kier alpha value is -1.13. The first-order chi connectivity index (χ1) is 8.36. The Labute approximate surface area is 105 Å². The molecule has 0 amide bonds. The van der Waals surface area contributed by atoms with Gasteiger partial charge < -0.3 is 10.0 Å². The van der Waals surface area contributed by atoms with E-state index >= 15 is 0 Å². The molecule has 3 rings (SSSR count). The number of rotatable bonds is 2. The van der Waals surface area contributed by atoms with Crippen LogP contribution in [0.25, 0.3) is 10.2 Å². The van der Waals surface area contributed by atoms with Gasteiger partial charge in [0.25, 0.3) is 0 Å². The Morgan fingerprint density at radius 1 is 1.29 bits per heavy atom. The number of anilines is 1. The van der Waals surface area contributed by atoms with Crippen molar-refractivity contribution in [1.29, 1.82) is 0 Å². The molecule has 1 aliphatic heterocycles. The Bertz CT molecular complexity index is 470. The van der Waals surface area contributed by atoms with E-state index in [-0.39, 0.29) is 0 Å². The van der Waals surface area contributed by atoms with Gasteiger partial charge in [-0.05, 0) is 30.9 Å². The molecule has 1 aromatic carbocycles. The van der Waals surface area contributed by atoms with Crippen LogP contribution >= 0.6 is 11.3 Å². The number of nitrogens with zero attached hydrogens (tertiary/aromatic N) is 2. The summed E-state index contributed by atoms with van der Waals surface area (Å²) in [6, 6.07) is 8.28. The lowest BCUT2D eigenvalue weighted by molar-refractivity contribution is 0.203. The molecular weight excluding hydrogens is 232 g/mol. The summed E-state index contributed by atoms with van der Waals surface area (Å²) in [4.78, 5) is 7.01. The first-order valence-electron chi connectivity index (χ1n) is 6.08. The van der Waals surface area contributed by atoms with Gasteiger partial charge in [0, 0.05) is 19.7 Å². The summed E-state index contributed by atoms with van der Waals surface area (Å²) in [6.07, 6.45) is 2.15. The molecule has 4 heteroatoms. The fourth-order valence-corrected chi connectivity index (χ4v) is 3.32. The molecule has 17 heavy (non-hydrogen) atoms. The van der Waals surface area contributed by atoms with Crippen molar-refractivity contribution in [2.24, 2.45) is 5.92 Å². The minimum Gasteiger partial charge on any atom is -0.396 e. The van der Waals surface area contributed by atoms with E-state index < -0.39 is 0 Å². The number of hydrogen-bond donors (Lipinski definition) is 1. The molecule has 1 fully saturated rings. The lowest BCUT2D eigenvalue weighted by Crippen LogP contribution is -2.34. The molecule has 90 valence electrons. The van der Waals surface area contributed by atoms with Crippen molar-refractivity contribution >= 4 is 26.7 Å². The second-order valence-electron chi connectivity index (χ2n) is 4.58. The molecule has 0 unspecified atom stereocenters. The number of aliphatic hydroxyl groups excluding tert-OH is 1. The van der Waals surface area contributed by atoms with Crippen LogP contribution in [0, 0.1) is 5.92 Å². The number of hydrogen-bond acceptors (Lipinski definition) is 4. The van der Waals surface area contributed by atoms with E-state index in [1.165, 1.54) is 4.70 Å². The molecule has 2 aromatic rings. The predicted octanol–water partition coefficient (Wildman–Crippen LogP) is 2.51. The standard InChI is InChI=1S/C13H16N2OS/c16-9-10-5-7-15(8-6-10)13-14-11-3-1-2-4-12(11)17-13/h1-4,10,16H,5-9H2. The van der Waals surface area contributed by atoms with Gasteiger partial charge in [-0.1, -0.05) is 23.5 Å². The molecule has 0 aliphatic carbocycles. The van der Waals surface area contributed by atoms with Crippen molar-refractivity contribution in [3.63, 3.8) is 0 Å². The average Bonchev–Trinajstić information content (AvgIpc) is 2.82. The largest absolute Gasteiger partial charge is 0.396 e. The fraction of sp³-hybridized carbons (Fsp3) is 0.462. The molecule has 1 N–H and O–H groups in total. The fourth-order valence-electron chi connectivity index (χ4n) is 2.30. The highest BCUT2D eigenvalue weighted by atomic mass is 32.1. The van der Waals surface area contributed by atoms with E-state index in [1.54, 1.807) is 11.3 Å². The van der Waals surface area contributed by atoms with Crippen LogP contribution < -0.4 is 4.90 Å². The van der Waals surface area contributed by atoms with Gasteiger partial charge in [-0.15, -0.1) is 0 Å². The predicted molar refractivity (Wildman–Crippen MR) is 71.6 cm³/mol. The van der Waals surface area contributed by atoms with Gasteiger partial charge in [0.15, 0.2) is 5.13 Å². The topological polar surface area (TPSA) is 36.4 Å². The number of thiazole rings is 1. The van der Waals surface area contributed by atoms with E-state index in [4.69, 9.17) is 5.11 Å². The van der Waals surface area contributed by atoms with E-state index in [1.807, 2.05) is 6.07 Å². The molecule has 1 aromatic heterocycles. The summed E-state index contributed by atoms with van der Waals surface area (Å²) < 4.78 is 1.26.